The Balaban J connectivity index is 1.89. The molecule has 25 heavy (non-hydrogen) atoms. The van der Waals surface area contributed by atoms with Crippen LogP contribution in [-0.4, -0.2) is 11.9 Å². The van der Waals surface area contributed by atoms with Crippen molar-refractivity contribution < 1.29 is 9.53 Å². The van der Waals surface area contributed by atoms with E-state index in [-0.39, 0.29) is 5.41 Å². The van der Waals surface area contributed by atoms with E-state index in [1.54, 1.807) is 6.08 Å². The lowest BCUT2D eigenvalue weighted by molar-refractivity contribution is -0.129. The van der Waals surface area contributed by atoms with Gasteiger partial charge in [-0.15, -0.1) is 0 Å². The van der Waals surface area contributed by atoms with Gasteiger partial charge >= 0.3 is 5.97 Å². The van der Waals surface area contributed by atoms with Gasteiger partial charge in [-0.25, -0.2) is 9.79 Å². The van der Waals surface area contributed by atoms with Gasteiger partial charge in [-0.3, -0.25) is 0 Å². The third-order valence-corrected chi connectivity index (χ3v) is 6.21. The van der Waals surface area contributed by atoms with Crippen LogP contribution < -0.4 is 0 Å². The van der Waals surface area contributed by atoms with Crippen molar-refractivity contribution in [3.8, 4) is 0 Å². The predicted molar refractivity (Wildman–Crippen MR) is 113 cm³/mol. The normalized spacial score (nSPS) is 16.1. The first-order valence-corrected chi connectivity index (χ1v) is 9.70. The molecule has 0 aromatic heterocycles. The van der Waals surface area contributed by atoms with E-state index in [2.05, 4.69) is 76.4 Å². The molecular weight excluding hydrogens is 493 g/mol. The first-order chi connectivity index (χ1) is 11.7. The van der Waals surface area contributed by atoms with Gasteiger partial charge in [-0.2, -0.15) is 0 Å². The first-order valence-electron chi connectivity index (χ1n) is 7.82. The van der Waals surface area contributed by atoms with E-state index in [1.807, 2.05) is 30.3 Å². The summed E-state index contributed by atoms with van der Waals surface area (Å²) < 4.78 is 7.35. The van der Waals surface area contributed by atoms with E-state index in [0.29, 0.717) is 11.6 Å². The largest absolute Gasteiger partial charge is 0.402 e. The summed E-state index contributed by atoms with van der Waals surface area (Å²) in [6, 6.07) is 13.9. The zero-order chi connectivity index (χ0) is 18.2. The molecule has 3 rings (SSSR count). The second kappa shape index (κ2) is 7.03. The molecule has 3 nitrogen and oxygen atoms in total. The van der Waals surface area contributed by atoms with E-state index >= 15 is 0 Å². The Morgan fingerprint density at radius 3 is 2.40 bits per heavy atom. The molecule has 128 valence electrons. The van der Waals surface area contributed by atoms with Crippen LogP contribution in [0, 0.1) is 3.57 Å². The molecular formula is C20H17BrINO2. The van der Waals surface area contributed by atoms with Gasteiger partial charge in [-0.05, 0) is 79.3 Å². The van der Waals surface area contributed by atoms with E-state index in [1.165, 1.54) is 5.56 Å². The fourth-order valence-corrected chi connectivity index (χ4v) is 3.11. The molecule has 5 heteroatoms. The third-order valence-electron chi connectivity index (χ3n) is 3.87. The molecule has 1 aliphatic rings. The van der Waals surface area contributed by atoms with Gasteiger partial charge in [0.15, 0.2) is 5.70 Å². The fourth-order valence-electron chi connectivity index (χ4n) is 2.40. The van der Waals surface area contributed by atoms with E-state index in [0.717, 1.165) is 19.2 Å². The summed E-state index contributed by atoms with van der Waals surface area (Å²) in [6.07, 6.45) is 1.75. The van der Waals surface area contributed by atoms with Crippen LogP contribution in [-0.2, 0) is 14.9 Å². The quantitative estimate of drug-likeness (QED) is 0.296. The molecule has 0 bridgehead atoms. The number of hydrogen-bond donors (Lipinski definition) is 0. The van der Waals surface area contributed by atoms with Crippen molar-refractivity contribution in [2.24, 2.45) is 4.99 Å². The average Bonchev–Trinajstić information content (AvgIpc) is 2.91. The standard InChI is InChI=1S/C20H17BrINO2/c1-20(2,3)14-7-4-12(5-8-14)10-17-19(24)25-18(23-17)13-6-9-16(22)15(21)11-13/h4-11H,1-3H3/b17-10-. The second-order valence-corrected chi connectivity index (χ2v) is 8.85. The molecule has 0 atom stereocenters. The number of halogens is 2. The van der Waals surface area contributed by atoms with Gasteiger partial charge in [0.05, 0.1) is 0 Å². The van der Waals surface area contributed by atoms with Crippen LogP contribution in [0.3, 0.4) is 0 Å². The van der Waals surface area contributed by atoms with Crippen LogP contribution in [0.4, 0.5) is 0 Å². The molecule has 0 saturated carbocycles. The number of hydrogen-bond acceptors (Lipinski definition) is 3. The maximum Gasteiger partial charge on any atom is 0.363 e. The van der Waals surface area contributed by atoms with Crippen molar-refractivity contribution in [3.63, 3.8) is 0 Å². The molecule has 2 aromatic carbocycles. The number of esters is 1. The van der Waals surface area contributed by atoms with Crippen LogP contribution in [0.1, 0.15) is 37.5 Å². The van der Waals surface area contributed by atoms with Crippen molar-refractivity contribution in [2.45, 2.75) is 26.2 Å². The Kier molecular flexibility index (Phi) is 5.16. The van der Waals surface area contributed by atoms with Gasteiger partial charge < -0.3 is 4.74 Å². The number of ether oxygens (including phenoxy) is 1. The lowest BCUT2D eigenvalue weighted by atomic mass is 9.87. The zero-order valence-electron chi connectivity index (χ0n) is 14.1. The number of carbonyl (C=O) groups is 1. The van der Waals surface area contributed by atoms with Crippen LogP contribution in [0.2, 0.25) is 0 Å². The van der Waals surface area contributed by atoms with Crippen LogP contribution in [0.5, 0.6) is 0 Å². The summed E-state index contributed by atoms with van der Waals surface area (Å²) in [6.45, 7) is 6.51. The van der Waals surface area contributed by atoms with Crippen molar-refractivity contribution in [1.82, 2.24) is 0 Å². The van der Waals surface area contributed by atoms with Gasteiger partial charge in [-0.1, -0.05) is 45.0 Å². The highest BCUT2D eigenvalue weighted by Gasteiger charge is 2.24. The summed E-state index contributed by atoms with van der Waals surface area (Å²) in [5.74, 6) is -0.0933. The minimum absolute atomic E-state index is 0.0987. The maximum atomic E-state index is 12.1. The van der Waals surface area contributed by atoms with E-state index in [9.17, 15) is 4.79 Å². The number of cyclic esters (lactones) is 1. The smallest absolute Gasteiger partial charge is 0.363 e. The SMILES string of the molecule is CC(C)(C)c1ccc(/C=C2\N=C(c3ccc(I)c(Br)c3)OC2=O)cc1. The summed E-state index contributed by atoms with van der Waals surface area (Å²) >= 11 is 5.71. The second-order valence-electron chi connectivity index (χ2n) is 6.84. The summed E-state index contributed by atoms with van der Waals surface area (Å²) in [5, 5.41) is 0. The summed E-state index contributed by atoms with van der Waals surface area (Å²) in [4.78, 5) is 16.5. The summed E-state index contributed by atoms with van der Waals surface area (Å²) in [7, 11) is 0. The Morgan fingerprint density at radius 2 is 1.80 bits per heavy atom. The van der Waals surface area contributed by atoms with Crippen molar-refractivity contribution in [3.05, 3.63) is 72.9 Å². The fraction of sp³-hybridized carbons (Fsp3) is 0.200. The zero-order valence-corrected chi connectivity index (χ0v) is 17.9. The summed E-state index contributed by atoms with van der Waals surface area (Å²) in [5.41, 5.74) is 3.35. The Morgan fingerprint density at radius 1 is 1.12 bits per heavy atom. The van der Waals surface area contributed by atoms with Gasteiger partial charge in [0, 0.05) is 13.6 Å². The monoisotopic (exact) mass is 509 g/mol. The number of carbonyl (C=O) groups excluding carboxylic acids is 1. The first kappa shape index (κ1) is 18.3. The third kappa shape index (κ3) is 4.20. The van der Waals surface area contributed by atoms with E-state index in [4.69, 9.17) is 4.74 Å². The molecule has 0 amide bonds. The van der Waals surface area contributed by atoms with Crippen molar-refractivity contribution in [1.29, 1.82) is 0 Å². The Labute approximate surface area is 169 Å². The molecule has 2 aromatic rings. The topological polar surface area (TPSA) is 38.7 Å². The van der Waals surface area contributed by atoms with Crippen LogP contribution in [0.15, 0.2) is 57.6 Å². The molecule has 0 aliphatic carbocycles. The molecule has 0 radical (unpaired) electrons. The van der Waals surface area contributed by atoms with Crippen LogP contribution >= 0.6 is 38.5 Å². The highest BCUT2D eigenvalue weighted by molar-refractivity contribution is 14.1. The average molecular weight is 510 g/mol. The lowest BCUT2D eigenvalue weighted by Gasteiger charge is -2.18. The minimum Gasteiger partial charge on any atom is -0.402 e. The number of benzene rings is 2. The Bertz CT molecular complexity index is 893. The molecule has 0 saturated heterocycles. The number of rotatable bonds is 2. The van der Waals surface area contributed by atoms with Gasteiger partial charge in [0.1, 0.15) is 0 Å². The molecule has 0 unspecified atom stereocenters. The lowest BCUT2D eigenvalue weighted by Crippen LogP contribution is -2.10. The maximum absolute atomic E-state index is 12.1. The molecule has 0 fully saturated rings. The highest BCUT2D eigenvalue weighted by Crippen LogP contribution is 2.26. The van der Waals surface area contributed by atoms with E-state index < -0.39 is 5.97 Å². The highest BCUT2D eigenvalue weighted by atomic mass is 127. The van der Waals surface area contributed by atoms with Gasteiger partial charge in [0.25, 0.3) is 0 Å². The molecule has 0 spiro atoms. The molecule has 1 aliphatic heterocycles. The van der Waals surface area contributed by atoms with Crippen LogP contribution in [0.25, 0.3) is 6.08 Å². The predicted octanol–water partition coefficient (Wildman–Crippen LogP) is 5.70. The van der Waals surface area contributed by atoms with Gasteiger partial charge in [0.2, 0.25) is 5.90 Å². The van der Waals surface area contributed by atoms with Crippen molar-refractivity contribution in [2.75, 3.05) is 0 Å². The molecule has 0 N–H and O–H groups in total. The molecule has 1 heterocycles. The van der Waals surface area contributed by atoms with Crippen molar-refractivity contribution >= 4 is 56.5 Å². The number of aliphatic imine (C=N–C) groups is 1. The Hall–Kier alpha value is -1.47. The number of nitrogens with zero attached hydrogens (tertiary/aromatic N) is 1. The minimum atomic E-state index is -0.426.